The zero-order valence-corrected chi connectivity index (χ0v) is 35.3. The number of hydrogen-bond donors (Lipinski definition) is 0. The first kappa shape index (κ1) is 34.8. The Labute approximate surface area is 355 Å². The van der Waals surface area contributed by atoms with Crippen LogP contribution in [0.5, 0.6) is 0 Å². The monoisotopic (exact) mass is 785 g/mol. The Kier molecular flexibility index (Phi) is 6.77. The van der Waals surface area contributed by atoms with Crippen molar-refractivity contribution in [3.63, 3.8) is 0 Å². The van der Waals surface area contributed by atoms with E-state index in [1.54, 1.807) is 0 Å². The van der Waals surface area contributed by atoms with E-state index in [0.29, 0.717) is 0 Å². The van der Waals surface area contributed by atoms with E-state index < -0.39 is 0 Å². The first-order valence-electron chi connectivity index (χ1n) is 21.6. The van der Waals surface area contributed by atoms with Crippen molar-refractivity contribution in [2.45, 2.75) is 52.4 Å². The Balaban J connectivity index is 1.24. The van der Waals surface area contributed by atoms with Crippen LogP contribution in [0, 0.1) is 0 Å². The number of anilines is 3. The number of benzene rings is 8. The Morgan fingerprint density at radius 2 is 1.05 bits per heavy atom. The zero-order valence-electron chi connectivity index (χ0n) is 35.3. The number of nitrogens with zero attached hydrogens (tertiary/aromatic N) is 3. The predicted octanol–water partition coefficient (Wildman–Crippen LogP) is 13.0. The SMILES string of the molecule is CC(C)(C)c1ccc(N2c3ccc(C(C)(C)C)cc3B3c4c(ccc(-n5c6ccccc6c6ccccc65)c42)-n2c4c3cccc4c3ccc4oc5ccccc5c4c32)cc1. The summed E-state index contributed by atoms with van der Waals surface area (Å²) in [5, 5.41) is 7.32. The molecule has 11 aromatic rings. The molecule has 5 heteroatoms. The number of para-hydroxylation sites is 4. The fourth-order valence-corrected chi connectivity index (χ4v) is 11.0. The van der Waals surface area contributed by atoms with Crippen molar-refractivity contribution in [2.75, 3.05) is 4.90 Å². The van der Waals surface area contributed by atoms with E-state index in [2.05, 4.69) is 213 Å². The molecule has 61 heavy (non-hydrogen) atoms. The lowest BCUT2D eigenvalue weighted by atomic mass is 9.33. The van der Waals surface area contributed by atoms with Crippen LogP contribution in [0.2, 0.25) is 0 Å². The number of rotatable bonds is 2. The summed E-state index contributed by atoms with van der Waals surface area (Å²) in [5.74, 6) is 0. The molecule has 2 aliphatic heterocycles. The molecule has 8 aromatic carbocycles. The van der Waals surface area contributed by atoms with Gasteiger partial charge < -0.3 is 18.5 Å². The van der Waals surface area contributed by atoms with Crippen LogP contribution in [0.15, 0.2) is 162 Å². The van der Waals surface area contributed by atoms with Crippen LogP contribution in [-0.4, -0.2) is 15.8 Å². The van der Waals surface area contributed by atoms with Gasteiger partial charge in [0, 0.05) is 49.5 Å². The molecule has 5 heterocycles. The van der Waals surface area contributed by atoms with Crippen molar-refractivity contribution in [1.29, 1.82) is 0 Å². The molecule has 0 N–H and O–H groups in total. The molecule has 0 bridgehead atoms. The third-order valence-corrected chi connectivity index (χ3v) is 13.8. The smallest absolute Gasteiger partial charge is 0.252 e. The van der Waals surface area contributed by atoms with Gasteiger partial charge in [-0.2, -0.15) is 0 Å². The predicted molar refractivity (Wildman–Crippen MR) is 259 cm³/mol. The standard InChI is InChI=1S/C56H44BN3O/c1-55(2,3)33-22-25-35(26-23-33)58-45-28-24-34(56(4,5)6)32-42(45)57-41-18-13-17-38-39-27-31-49-50(40-16-9-12-21-48(40)61-49)53(39)60(52(38)41)46-29-30-47(54(58)51(46)57)59-43-19-10-7-14-36(43)37-15-8-11-20-44(37)59/h7-32H,1-6H3. The summed E-state index contributed by atoms with van der Waals surface area (Å²) < 4.78 is 11.7. The van der Waals surface area contributed by atoms with E-state index in [1.165, 1.54) is 88.2 Å². The van der Waals surface area contributed by atoms with Crippen LogP contribution in [0.1, 0.15) is 52.7 Å². The van der Waals surface area contributed by atoms with Gasteiger partial charge in [-0.15, -0.1) is 0 Å². The number of aromatic nitrogens is 2. The van der Waals surface area contributed by atoms with Gasteiger partial charge in [0.15, 0.2) is 0 Å². The van der Waals surface area contributed by atoms with E-state index in [9.17, 15) is 0 Å². The summed E-state index contributed by atoms with van der Waals surface area (Å²) in [6.45, 7) is 13.9. The quantitative estimate of drug-likeness (QED) is 0.163. The molecule has 0 amide bonds. The number of furan rings is 1. The average molecular weight is 786 g/mol. The van der Waals surface area contributed by atoms with Crippen LogP contribution in [0.4, 0.5) is 17.1 Å². The van der Waals surface area contributed by atoms with E-state index in [-0.39, 0.29) is 17.5 Å². The van der Waals surface area contributed by atoms with Crippen molar-refractivity contribution in [2.24, 2.45) is 0 Å². The maximum atomic E-state index is 6.59. The van der Waals surface area contributed by atoms with E-state index >= 15 is 0 Å². The molecule has 3 aromatic heterocycles. The largest absolute Gasteiger partial charge is 0.456 e. The Bertz CT molecular complexity index is 3630. The van der Waals surface area contributed by atoms with Crippen molar-refractivity contribution < 1.29 is 4.42 Å². The first-order chi connectivity index (χ1) is 29.6. The summed E-state index contributed by atoms with van der Waals surface area (Å²) in [4.78, 5) is 2.59. The van der Waals surface area contributed by atoms with Crippen LogP contribution in [0.3, 0.4) is 0 Å². The van der Waals surface area contributed by atoms with Crippen LogP contribution < -0.4 is 21.3 Å². The molecule has 0 atom stereocenters. The second-order valence-electron chi connectivity index (χ2n) is 19.3. The molecule has 0 unspecified atom stereocenters. The van der Waals surface area contributed by atoms with Gasteiger partial charge in [-0.05, 0) is 99.0 Å². The van der Waals surface area contributed by atoms with Gasteiger partial charge in [0.05, 0.1) is 33.3 Å². The average Bonchev–Trinajstić information content (AvgIpc) is 3.92. The minimum atomic E-state index is -0.0360. The number of hydrogen-bond acceptors (Lipinski definition) is 2. The second kappa shape index (κ2) is 11.9. The van der Waals surface area contributed by atoms with Crippen molar-refractivity contribution in [3.05, 3.63) is 169 Å². The first-order valence-corrected chi connectivity index (χ1v) is 21.6. The molecule has 2 aliphatic rings. The third kappa shape index (κ3) is 4.61. The molecule has 4 nitrogen and oxygen atoms in total. The highest BCUT2D eigenvalue weighted by atomic mass is 16.3. The van der Waals surface area contributed by atoms with E-state index in [0.717, 1.165) is 33.3 Å². The maximum absolute atomic E-state index is 6.59. The fraction of sp³-hybridized carbons (Fsp3) is 0.143. The van der Waals surface area contributed by atoms with Gasteiger partial charge in [-0.25, -0.2) is 0 Å². The van der Waals surface area contributed by atoms with Gasteiger partial charge in [-0.3, -0.25) is 0 Å². The number of fused-ring (bicyclic) bond motifs is 14. The van der Waals surface area contributed by atoms with Crippen LogP contribution in [-0.2, 0) is 10.8 Å². The van der Waals surface area contributed by atoms with Crippen molar-refractivity contribution in [3.8, 4) is 11.4 Å². The lowest BCUT2D eigenvalue weighted by Gasteiger charge is -2.42. The summed E-state index contributed by atoms with van der Waals surface area (Å²) in [6, 6.07) is 59.2. The van der Waals surface area contributed by atoms with Crippen molar-refractivity contribution >= 4 is 106 Å². The minimum Gasteiger partial charge on any atom is -0.456 e. The van der Waals surface area contributed by atoms with Gasteiger partial charge in [0.25, 0.3) is 6.71 Å². The molecule has 0 saturated carbocycles. The molecule has 0 fully saturated rings. The molecule has 0 aliphatic carbocycles. The highest BCUT2D eigenvalue weighted by Gasteiger charge is 2.44. The van der Waals surface area contributed by atoms with Gasteiger partial charge in [0.1, 0.15) is 11.2 Å². The lowest BCUT2D eigenvalue weighted by Crippen LogP contribution is -2.60. The highest BCUT2D eigenvalue weighted by molar-refractivity contribution is 7.00. The highest BCUT2D eigenvalue weighted by Crippen LogP contribution is 2.48. The topological polar surface area (TPSA) is 26.2 Å². The lowest BCUT2D eigenvalue weighted by molar-refractivity contribution is 0.590. The maximum Gasteiger partial charge on any atom is 0.252 e. The third-order valence-electron chi connectivity index (χ3n) is 13.8. The van der Waals surface area contributed by atoms with E-state index in [4.69, 9.17) is 4.42 Å². The summed E-state index contributed by atoms with van der Waals surface area (Å²) in [5.41, 5.74) is 19.3. The summed E-state index contributed by atoms with van der Waals surface area (Å²) >= 11 is 0. The van der Waals surface area contributed by atoms with Gasteiger partial charge in [0.2, 0.25) is 0 Å². The molecule has 13 rings (SSSR count). The molecule has 0 radical (unpaired) electrons. The molecular formula is C56H44BN3O. The van der Waals surface area contributed by atoms with Crippen LogP contribution >= 0.6 is 0 Å². The van der Waals surface area contributed by atoms with E-state index in [1.807, 2.05) is 0 Å². The van der Waals surface area contributed by atoms with Crippen LogP contribution in [0.25, 0.3) is 76.9 Å². The van der Waals surface area contributed by atoms with Gasteiger partial charge >= 0.3 is 0 Å². The summed E-state index contributed by atoms with van der Waals surface area (Å²) in [6.07, 6.45) is 0. The Morgan fingerprint density at radius 1 is 0.443 bits per heavy atom. The Morgan fingerprint density at radius 3 is 1.77 bits per heavy atom. The molecule has 0 spiro atoms. The normalized spacial score (nSPS) is 13.7. The second-order valence-corrected chi connectivity index (χ2v) is 19.3. The fourth-order valence-electron chi connectivity index (χ4n) is 11.0. The summed E-state index contributed by atoms with van der Waals surface area (Å²) in [7, 11) is 0. The zero-order chi connectivity index (χ0) is 41.1. The minimum absolute atomic E-state index is 0.0162. The van der Waals surface area contributed by atoms with Crippen molar-refractivity contribution in [1.82, 2.24) is 9.13 Å². The molecule has 0 saturated heterocycles. The molecular weight excluding hydrogens is 741 g/mol. The Hall–Kier alpha value is -6.98. The van der Waals surface area contributed by atoms with Gasteiger partial charge in [-0.1, -0.05) is 139 Å². The molecule has 292 valence electrons.